The predicted molar refractivity (Wildman–Crippen MR) is 67.6 cm³/mol. The van der Waals surface area contributed by atoms with Gasteiger partial charge in [0.25, 0.3) is 0 Å². The molecule has 0 aliphatic carbocycles. The van der Waals surface area contributed by atoms with E-state index in [0.29, 0.717) is 5.56 Å². The summed E-state index contributed by atoms with van der Waals surface area (Å²) >= 11 is 5.92. The summed E-state index contributed by atoms with van der Waals surface area (Å²) in [7, 11) is 1.22. The first-order valence-electron chi connectivity index (χ1n) is 4.83. The first-order valence-corrected chi connectivity index (χ1v) is 6.54. The van der Waals surface area contributed by atoms with E-state index in [0.717, 1.165) is 6.07 Å². The van der Waals surface area contributed by atoms with Gasteiger partial charge in [0.1, 0.15) is 4.83 Å². The summed E-state index contributed by atoms with van der Waals surface area (Å²) in [6, 6.07) is 3.85. The van der Waals surface area contributed by atoms with Crippen LogP contribution in [0.15, 0.2) is 22.7 Å². The molecule has 0 fully saturated rings. The van der Waals surface area contributed by atoms with Crippen LogP contribution in [0, 0.1) is 0 Å². The van der Waals surface area contributed by atoms with Gasteiger partial charge in [-0.15, -0.1) is 0 Å². The third kappa shape index (κ3) is 3.98. The van der Waals surface area contributed by atoms with Crippen LogP contribution < -0.4 is 0 Å². The maximum atomic E-state index is 12.7. The van der Waals surface area contributed by atoms with Crippen molar-refractivity contribution in [3.8, 4) is 0 Å². The minimum atomic E-state index is -4.43. The summed E-state index contributed by atoms with van der Waals surface area (Å²) in [6.45, 7) is 0. The molecule has 2 nitrogen and oxygen atoms in total. The van der Waals surface area contributed by atoms with E-state index in [4.69, 9.17) is 0 Å². The number of hydrogen-bond donors (Lipinski definition) is 0. The Labute approximate surface area is 119 Å². The maximum absolute atomic E-state index is 12.7. The highest BCUT2D eigenvalue weighted by Gasteiger charge is 2.33. The maximum Gasteiger partial charge on any atom is 0.417 e. The van der Waals surface area contributed by atoms with Crippen LogP contribution in [0.2, 0.25) is 0 Å². The van der Waals surface area contributed by atoms with Crippen molar-refractivity contribution < 1.29 is 22.7 Å². The molecule has 0 saturated heterocycles. The first kappa shape index (κ1) is 15.5. The zero-order chi connectivity index (χ0) is 13.9. The van der Waals surface area contributed by atoms with E-state index >= 15 is 0 Å². The number of methoxy groups -OCH3 is 1. The average Bonchev–Trinajstić information content (AvgIpc) is 2.29. The summed E-state index contributed by atoms with van der Waals surface area (Å²) in [5, 5.41) is 0. The van der Waals surface area contributed by atoms with Crippen molar-refractivity contribution >= 4 is 37.8 Å². The second kappa shape index (κ2) is 6.06. The van der Waals surface area contributed by atoms with Crippen LogP contribution in [-0.4, -0.2) is 17.9 Å². The van der Waals surface area contributed by atoms with Crippen molar-refractivity contribution in [3.63, 3.8) is 0 Å². The summed E-state index contributed by atoms with van der Waals surface area (Å²) in [5.74, 6) is -0.522. The Kier molecular flexibility index (Phi) is 5.21. The van der Waals surface area contributed by atoms with Gasteiger partial charge in [-0.05, 0) is 24.1 Å². The number of rotatable bonds is 3. The number of halogens is 5. The molecule has 0 bridgehead atoms. The molecule has 7 heteroatoms. The number of ether oxygens (including phenoxy) is 1. The molecule has 1 atom stereocenters. The van der Waals surface area contributed by atoms with E-state index < -0.39 is 22.5 Å². The van der Waals surface area contributed by atoms with Crippen LogP contribution in [0.4, 0.5) is 13.2 Å². The molecular weight excluding hydrogens is 381 g/mol. The normalized spacial score (nSPS) is 13.2. The largest absolute Gasteiger partial charge is 0.468 e. The Balaban J connectivity index is 2.96. The molecular formula is C11H9Br2F3O2. The summed E-state index contributed by atoms with van der Waals surface area (Å²) in [6.07, 6.45) is -4.30. The topological polar surface area (TPSA) is 26.3 Å². The predicted octanol–water partition coefficient (Wildman–Crippen LogP) is 3.95. The highest BCUT2D eigenvalue weighted by atomic mass is 79.9. The number of alkyl halides is 4. The number of carbonyl (C=O) groups excluding carboxylic acids is 1. The van der Waals surface area contributed by atoms with Gasteiger partial charge < -0.3 is 4.74 Å². The number of esters is 1. The second-order valence-corrected chi connectivity index (χ2v) is 5.47. The van der Waals surface area contributed by atoms with Gasteiger partial charge >= 0.3 is 12.1 Å². The molecule has 0 aromatic heterocycles. The minimum Gasteiger partial charge on any atom is -0.468 e. The van der Waals surface area contributed by atoms with Crippen LogP contribution in [0.5, 0.6) is 0 Å². The lowest BCUT2D eigenvalue weighted by atomic mass is 10.1. The van der Waals surface area contributed by atoms with Crippen molar-refractivity contribution in [3.05, 3.63) is 33.8 Å². The summed E-state index contributed by atoms with van der Waals surface area (Å²) in [5.41, 5.74) is -0.359. The van der Waals surface area contributed by atoms with E-state index in [-0.39, 0.29) is 10.9 Å². The minimum absolute atomic E-state index is 0.0251. The average molecular weight is 390 g/mol. The standard InChI is InChI=1S/C11H9Br2F3O2/c1-18-10(17)9(13)5-6-2-3-8(12)7(4-6)11(14,15)16/h2-4,9H,5H2,1H3. The molecule has 0 N–H and O–H groups in total. The zero-order valence-corrected chi connectivity index (χ0v) is 12.4. The van der Waals surface area contributed by atoms with Crippen molar-refractivity contribution in [2.45, 2.75) is 17.4 Å². The van der Waals surface area contributed by atoms with Gasteiger partial charge in [0.2, 0.25) is 0 Å². The Morgan fingerprint density at radius 3 is 2.56 bits per heavy atom. The molecule has 1 unspecified atom stereocenters. The Morgan fingerprint density at radius 1 is 1.44 bits per heavy atom. The van der Waals surface area contributed by atoms with Gasteiger partial charge in [-0.3, -0.25) is 4.79 Å². The molecule has 0 heterocycles. The first-order chi connectivity index (χ1) is 8.25. The van der Waals surface area contributed by atoms with E-state index in [1.54, 1.807) is 0 Å². The van der Waals surface area contributed by atoms with Crippen molar-refractivity contribution in [1.29, 1.82) is 0 Å². The third-order valence-electron chi connectivity index (χ3n) is 2.21. The highest BCUT2D eigenvalue weighted by molar-refractivity contribution is 9.10. The fraction of sp³-hybridized carbons (Fsp3) is 0.364. The number of benzene rings is 1. The van der Waals surface area contributed by atoms with Crippen LogP contribution in [0.25, 0.3) is 0 Å². The quantitative estimate of drug-likeness (QED) is 0.578. The van der Waals surface area contributed by atoms with E-state index in [1.807, 2.05) is 0 Å². The van der Waals surface area contributed by atoms with Gasteiger partial charge in [-0.25, -0.2) is 0 Å². The third-order valence-corrected chi connectivity index (χ3v) is 3.60. The van der Waals surface area contributed by atoms with Crippen molar-refractivity contribution in [1.82, 2.24) is 0 Å². The van der Waals surface area contributed by atoms with Crippen LogP contribution >= 0.6 is 31.9 Å². The number of carbonyl (C=O) groups is 1. The molecule has 1 rings (SSSR count). The molecule has 0 aliphatic heterocycles. The molecule has 1 aromatic rings. The van der Waals surface area contributed by atoms with Crippen LogP contribution in [0.1, 0.15) is 11.1 Å². The van der Waals surface area contributed by atoms with E-state index in [1.165, 1.54) is 19.2 Å². The molecule has 1 aromatic carbocycles. The highest BCUT2D eigenvalue weighted by Crippen LogP contribution is 2.35. The van der Waals surface area contributed by atoms with Gasteiger partial charge in [0.05, 0.1) is 12.7 Å². The second-order valence-electron chi connectivity index (χ2n) is 3.51. The van der Waals surface area contributed by atoms with Gasteiger partial charge in [-0.2, -0.15) is 13.2 Å². The molecule has 0 radical (unpaired) electrons. The lowest BCUT2D eigenvalue weighted by molar-refractivity contribution is -0.139. The van der Waals surface area contributed by atoms with E-state index in [9.17, 15) is 18.0 Å². The fourth-order valence-electron chi connectivity index (χ4n) is 1.33. The smallest absolute Gasteiger partial charge is 0.417 e. The van der Waals surface area contributed by atoms with Gasteiger partial charge in [0, 0.05) is 4.47 Å². The lowest BCUT2D eigenvalue weighted by Crippen LogP contribution is -2.18. The summed E-state index contributed by atoms with van der Waals surface area (Å²) < 4.78 is 42.4. The SMILES string of the molecule is COC(=O)C(Br)Cc1ccc(Br)c(C(F)(F)F)c1. The van der Waals surface area contributed by atoms with Crippen LogP contribution in [-0.2, 0) is 22.1 Å². The Morgan fingerprint density at radius 2 is 2.06 bits per heavy atom. The van der Waals surface area contributed by atoms with E-state index in [2.05, 4.69) is 36.6 Å². The molecule has 0 saturated carbocycles. The molecule has 18 heavy (non-hydrogen) atoms. The van der Waals surface area contributed by atoms with Gasteiger partial charge in [-0.1, -0.05) is 37.9 Å². The van der Waals surface area contributed by atoms with Gasteiger partial charge in [0.15, 0.2) is 0 Å². The van der Waals surface area contributed by atoms with Crippen molar-refractivity contribution in [2.75, 3.05) is 7.11 Å². The number of hydrogen-bond acceptors (Lipinski definition) is 2. The fourth-order valence-corrected chi connectivity index (χ4v) is 2.37. The van der Waals surface area contributed by atoms with Crippen molar-refractivity contribution in [2.24, 2.45) is 0 Å². The van der Waals surface area contributed by atoms with Crippen LogP contribution in [0.3, 0.4) is 0 Å². The lowest BCUT2D eigenvalue weighted by Gasteiger charge is -2.12. The molecule has 0 aliphatic rings. The Bertz CT molecular complexity index is 446. The monoisotopic (exact) mass is 388 g/mol. The molecule has 0 amide bonds. The zero-order valence-electron chi connectivity index (χ0n) is 9.22. The summed E-state index contributed by atoms with van der Waals surface area (Å²) in [4.78, 5) is 10.5. The molecule has 0 spiro atoms. The molecule has 100 valence electrons. The Hall–Kier alpha value is -0.560.